The van der Waals surface area contributed by atoms with Crippen LogP contribution in [0.15, 0.2) is 58.8 Å². The van der Waals surface area contributed by atoms with Crippen LogP contribution in [-0.4, -0.2) is 20.9 Å². The lowest BCUT2D eigenvalue weighted by Crippen LogP contribution is -2.35. The van der Waals surface area contributed by atoms with Crippen LogP contribution in [0.25, 0.3) is 0 Å². The highest BCUT2D eigenvalue weighted by Crippen LogP contribution is 2.32. The second kappa shape index (κ2) is 7.61. The number of rotatable bonds is 4. The molecule has 0 radical (unpaired) electrons. The number of hydrogen-bond donors (Lipinski definition) is 1. The van der Waals surface area contributed by atoms with Gasteiger partial charge in [-0.2, -0.15) is 0 Å². The van der Waals surface area contributed by atoms with Crippen molar-refractivity contribution in [2.24, 2.45) is 0 Å². The number of anilines is 2. The third-order valence-electron chi connectivity index (χ3n) is 4.87. The van der Waals surface area contributed by atoms with Gasteiger partial charge in [-0.05, 0) is 72.7 Å². The summed E-state index contributed by atoms with van der Waals surface area (Å²) in [5, 5.41) is 1.85. The highest BCUT2D eigenvalue weighted by Gasteiger charge is 2.25. The molecule has 8 heteroatoms. The number of benzene rings is 2. The number of carbonyl (C=O) groups excluding carboxylic acids is 1. The van der Waals surface area contributed by atoms with E-state index in [1.807, 2.05) is 17.5 Å². The molecular formula is C21H19FN2O3S2. The van der Waals surface area contributed by atoms with Crippen molar-refractivity contribution in [3.8, 4) is 0 Å². The van der Waals surface area contributed by atoms with Gasteiger partial charge in [0.25, 0.3) is 15.9 Å². The smallest absolute Gasteiger partial charge is 0.268 e. The molecular weight excluding hydrogens is 411 g/mol. The zero-order chi connectivity index (χ0) is 20.6. The molecule has 0 atom stereocenters. The van der Waals surface area contributed by atoms with Gasteiger partial charge in [-0.1, -0.05) is 12.1 Å². The summed E-state index contributed by atoms with van der Waals surface area (Å²) in [5.74, 6) is -0.546. The van der Waals surface area contributed by atoms with Crippen LogP contribution in [0.2, 0.25) is 0 Å². The maximum absolute atomic E-state index is 13.5. The third kappa shape index (κ3) is 3.90. The molecule has 0 saturated heterocycles. The molecule has 1 aliphatic rings. The van der Waals surface area contributed by atoms with E-state index in [-0.39, 0.29) is 16.4 Å². The fraction of sp³-hybridized carbons (Fsp3) is 0.190. The zero-order valence-electron chi connectivity index (χ0n) is 15.7. The van der Waals surface area contributed by atoms with Crippen LogP contribution in [0, 0.1) is 12.7 Å². The maximum Gasteiger partial charge on any atom is 0.268 e. The average molecular weight is 431 g/mol. The maximum atomic E-state index is 13.5. The van der Waals surface area contributed by atoms with Gasteiger partial charge < -0.3 is 4.90 Å². The fourth-order valence-electron chi connectivity index (χ4n) is 3.38. The Morgan fingerprint density at radius 1 is 1.17 bits per heavy atom. The van der Waals surface area contributed by atoms with Crippen LogP contribution in [0.4, 0.5) is 15.8 Å². The van der Waals surface area contributed by atoms with Crippen LogP contribution in [0.3, 0.4) is 0 Å². The van der Waals surface area contributed by atoms with E-state index in [1.165, 1.54) is 30.4 Å². The number of nitrogens with one attached hydrogen (secondary N) is 1. The van der Waals surface area contributed by atoms with Crippen LogP contribution in [0.5, 0.6) is 0 Å². The van der Waals surface area contributed by atoms with Crippen molar-refractivity contribution in [2.45, 2.75) is 24.7 Å². The molecule has 0 bridgehead atoms. The van der Waals surface area contributed by atoms with E-state index in [4.69, 9.17) is 0 Å². The Morgan fingerprint density at radius 3 is 2.72 bits per heavy atom. The largest absolute Gasteiger partial charge is 0.307 e. The number of nitrogens with zero attached hydrogens (tertiary/aromatic N) is 1. The summed E-state index contributed by atoms with van der Waals surface area (Å²) in [6.07, 6.45) is 1.68. The highest BCUT2D eigenvalue weighted by molar-refractivity contribution is 7.92. The van der Waals surface area contributed by atoms with Crippen LogP contribution in [0.1, 0.15) is 27.2 Å². The average Bonchev–Trinajstić information content (AvgIpc) is 3.23. The van der Waals surface area contributed by atoms with Gasteiger partial charge >= 0.3 is 0 Å². The Hall–Kier alpha value is -2.71. The van der Waals surface area contributed by atoms with Gasteiger partial charge in [0, 0.05) is 12.2 Å². The Balaban J connectivity index is 1.65. The molecule has 2 aromatic carbocycles. The summed E-state index contributed by atoms with van der Waals surface area (Å²) in [6, 6.07) is 12.5. The highest BCUT2D eigenvalue weighted by atomic mass is 32.2. The van der Waals surface area contributed by atoms with Crippen LogP contribution in [-0.2, 0) is 16.4 Å². The van der Waals surface area contributed by atoms with Gasteiger partial charge in [0.1, 0.15) is 5.82 Å². The molecule has 29 heavy (non-hydrogen) atoms. The minimum Gasteiger partial charge on any atom is -0.307 e. The minimum absolute atomic E-state index is 0.0133. The molecule has 3 aromatic rings. The summed E-state index contributed by atoms with van der Waals surface area (Å²) in [5.41, 5.74) is 2.33. The van der Waals surface area contributed by atoms with Crippen molar-refractivity contribution >= 4 is 38.6 Å². The van der Waals surface area contributed by atoms with Crippen molar-refractivity contribution in [1.29, 1.82) is 0 Å². The Labute approximate surface area is 172 Å². The second-order valence-corrected chi connectivity index (χ2v) is 9.53. The van der Waals surface area contributed by atoms with E-state index in [0.29, 0.717) is 22.8 Å². The lowest BCUT2D eigenvalue weighted by Gasteiger charge is -2.29. The van der Waals surface area contributed by atoms with Crippen LogP contribution < -0.4 is 9.62 Å². The van der Waals surface area contributed by atoms with Gasteiger partial charge in [0.15, 0.2) is 0 Å². The van der Waals surface area contributed by atoms with Crippen molar-refractivity contribution in [3.05, 3.63) is 75.7 Å². The molecule has 2 heterocycles. The SMILES string of the molecule is Cc1cc(S(=O)(=O)Nc2ccc3c(c2)N(C(=O)c2cccs2)CCC3)ccc1F. The Morgan fingerprint density at radius 2 is 2.00 bits per heavy atom. The number of sulfonamides is 1. The van der Waals surface area contributed by atoms with Gasteiger partial charge in [0.05, 0.1) is 15.5 Å². The molecule has 1 aliphatic heterocycles. The molecule has 0 saturated carbocycles. The van der Waals surface area contributed by atoms with E-state index in [9.17, 15) is 17.6 Å². The van der Waals surface area contributed by atoms with Crippen molar-refractivity contribution < 1.29 is 17.6 Å². The number of halogens is 1. The summed E-state index contributed by atoms with van der Waals surface area (Å²) in [6.45, 7) is 2.10. The van der Waals surface area contributed by atoms with E-state index < -0.39 is 15.8 Å². The number of thiophene rings is 1. The molecule has 0 unspecified atom stereocenters. The standard InChI is InChI=1S/C21H19FN2O3S2/c1-14-12-17(8-9-18(14)22)29(26,27)23-16-7-6-15-4-2-10-24(19(15)13-16)21(25)20-5-3-11-28-20/h3,5-9,11-13,23H,2,4,10H2,1H3. The number of fused-ring (bicyclic) bond motifs is 1. The molecule has 5 nitrogen and oxygen atoms in total. The fourth-order valence-corrected chi connectivity index (χ4v) is 5.19. The lowest BCUT2D eigenvalue weighted by atomic mass is 10.0. The monoisotopic (exact) mass is 430 g/mol. The predicted molar refractivity (Wildman–Crippen MR) is 113 cm³/mol. The first kappa shape index (κ1) is 19.6. The molecule has 150 valence electrons. The molecule has 0 spiro atoms. The summed E-state index contributed by atoms with van der Waals surface area (Å²) in [7, 11) is -3.88. The van der Waals surface area contributed by atoms with E-state index in [2.05, 4.69) is 4.72 Å². The predicted octanol–water partition coefficient (Wildman–Crippen LogP) is 4.59. The Bertz CT molecular complexity index is 1170. The van der Waals surface area contributed by atoms with E-state index in [0.717, 1.165) is 24.5 Å². The third-order valence-corrected chi connectivity index (χ3v) is 7.11. The van der Waals surface area contributed by atoms with E-state index in [1.54, 1.807) is 23.1 Å². The van der Waals surface area contributed by atoms with E-state index >= 15 is 0 Å². The summed E-state index contributed by atoms with van der Waals surface area (Å²) < 4.78 is 41.5. The Kier molecular flexibility index (Phi) is 5.14. The normalized spacial score (nSPS) is 13.8. The zero-order valence-corrected chi connectivity index (χ0v) is 17.3. The summed E-state index contributed by atoms with van der Waals surface area (Å²) >= 11 is 1.38. The first-order valence-corrected chi connectivity index (χ1v) is 11.5. The minimum atomic E-state index is -3.88. The van der Waals surface area contributed by atoms with Crippen molar-refractivity contribution in [3.63, 3.8) is 0 Å². The summed E-state index contributed by atoms with van der Waals surface area (Å²) in [4.78, 5) is 15.2. The molecule has 4 rings (SSSR count). The quantitative estimate of drug-likeness (QED) is 0.658. The van der Waals surface area contributed by atoms with Gasteiger partial charge in [-0.25, -0.2) is 12.8 Å². The van der Waals surface area contributed by atoms with Gasteiger partial charge in [0.2, 0.25) is 0 Å². The second-order valence-electron chi connectivity index (χ2n) is 6.90. The number of aryl methyl sites for hydroxylation is 2. The number of amides is 1. The first-order valence-electron chi connectivity index (χ1n) is 9.12. The van der Waals surface area contributed by atoms with Gasteiger partial charge in [-0.15, -0.1) is 11.3 Å². The number of carbonyl (C=O) groups is 1. The molecule has 1 N–H and O–H groups in total. The number of hydrogen-bond acceptors (Lipinski definition) is 4. The molecule has 0 aliphatic carbocycles. The first-order chi connectivity index (χ1) is 13.8. The molecule has 1 aromatic heterocycles. The van der Waals surface area contributed by atoms with Crippen molar-refractivity contribution in [2.75, 3.05) is 16.2 Å². The van der Waals surface area contributed by atoms with Crippen molar-refractivity contribution in [1.82, 2.24) is 0 Å². The molecule has 0 fully saturated rings. The lowest BCUT2D eigenvalue weighted by molar-refractivity contribution is 0.0989. The molecule has 1 amide bonds. The topological polar surface area (TPSA) is 66.5 Å². The van der Waals surface area contributed by atoms with Gasteiger partial charge in [-0.3, -0.25) is 9.52 Å². The van der Waals surface area contributed by atoms with Crippen LogP contribution >= 0.6 is 11.3 Å².